The van der Waals surface area contributed by atoms with E-state index in [0.717, 1.165) is 17.8 Å². The minimum absolute atomic E-state index is 0.0526. The number of hydrogen-bond acceptors (Lipinski definition) is 3. The summed E-state index contributed by atoms with van der Waals surface area (Å²) >= 11 is 6.21. The Morgan fingerprint density at radius 1 is 1.44 bits per heavy atom. The molecular formula is C12H15ClN4O. The normalized spacial score (nSPS) is 10.9. The van der Waals surface area contributed by atoms with Crippen LogP contribution < -0.4 is 0 Å². The first-order valence-electron chi connectivity index (χ1n) is 5.74. The molecule has 0 aliphatic heterocycles. The van der Waals surface area contributed by atoms with Crippen molar-refractivity contribution in [3.05, 3.63) is 34.6 Å². The van der Waals surface area contributed by atoms with Gasteiger partial charge < -0.3 is 4.57 Å². The first-order chi connectivity index (χ1) is 8.52. The fraction of sp³-hybridized carbons (Fsp3) is 0.417. The maximum atomic E-state index is 12.1. The molecule has 0 saturated carbocycles. The average molecular weight is 267 g/mol. The summed E-state index contributed by atoms with van der Waals surface area (Å²) in [4.78, 5) is 16.1. The predicted molar refractivity (Wildman–Crippen MR) is 68.8 cm³/mol. The van der Waals surface area contributed by atoms with Gasteiger partial charge in [0.25, 0.3) is 0 Å². The van der Waals surface area contributed by atoms with Crippen molar-refractivity contribution in [3.63, 3.8) is 0 Å². The Kier molecular flexibility index (Phi) is 3.52. The van der Waals surface area contributed by atoms with Crippen LogP contribution in [-0.2, 0) is 26.9 Å². The zero-order chi connectivity index (χ0) is 13.3. The van der Waals surface area contributed by atoms with Crippen molar-refractivity contribution >= 4 is 17.4 Å². The van der Waals surface area contributed by atoms with Gasteiger partial charge in [0.1, 0.15) is 5.69 Å². The van der Waals surface area contributed by atoms with Crippen molar-refractivity contribution < 1.29 is 4.79 Å². The first kappa shape index (κ1) is 12.8. The molecule has 0 aliphatic rings. The molecule has 0 atom stereocenters. The molecule has 2 aromatic heterocycles. The predicted octanol–water partition coefficient (Wildman–Crippen LogP) is 1.79. The Morgan fingerprint density at radius 3 is 2.67 bits per heavy atom. The largest absolute Gasteiger partial charge is 0.340 e. The molecule has 0 aromatic carbocycles. The van der Waals surface area contributed by atoms with E-state index in [-0.39, 0.29) is 12.2 Å². The molecule has 0 N–H and O–H groups in total. The average Bonchev–Trinajstić information content (AvgIpc) is 2.87. The Hall–Kier alpha value is -1.62. The standard InChI is InChI=1S/C12H15ClN4O/c1-4-8-12(13)10(17(3)15-8)5-11(18)9-6-16(2)7-14-9/h6-7H,4-5H2,1-3H3. The van der Waals surface area contributed by atoms with E-state index in [1.807, 2.05) is 14.0 Å². The van der Waals surface area contributed by atoms with Crippen molar-refractivity contribution in [1.82, 2.24) is 19.3 Å². The quantitative estimate of drug-likeness (QED) is 0.793. The number of carbonyl (C=O) groups is 1. The fourth-order valence-electron chi connectivity index (χ4n) is 1.81. The lowest BCUT2D eigenvalue weighted by Crippen LogP contribution is -2.08. The molecule has 0 spiro atoms. The van der Waals surface area contributed by atoms with Crippen LogP contribution in [0.25, 0.3) is 0 Å². The number of aryl methyl sites for hydroxylation is 3. The molecule has 0 radical (unpaired) electrons. The van der Waals surface area contributed by atoms with E-state index in [9.17, 15) is 4.79 Å². The van der Waals surface area contributed by atoms with Crippen LogP contribution in [0.4, 0.5) is 0 Å². The minimum atomic E-state index is -0.0526. The van der Waals surface area contributed by atoms with Crippen LogP contribution in [-0.4, -0.2) is 25.1 Å². The molecular weight excluding hydrogens is 252 g/mol. The molecule has 18 heavy (non-hydrogen) atoms. The number of imidazole rings is 1. The van der Waals surface area contributed by atoms with Gasteiger partial charge in [0, 0.05) is 20.3 Å². The SMILES string of the molecule is CCc1nn(C)c(CC(=O)c2cn(C)cn2)c1Cl. The van der Waals surface area contributed by atoms with Crippen LogP contribution in [0.5, 0.6) is 0 Å². The molecule has 5 nitrogen and oxygen atoms in total. The molecule has 2 rings (SSSR count). The number of ketones is 1. The monoisotopic (exact) mass is 266 g/mol. The summed E-state index contributed by atoms with van der Waals surface area (Å²) in [6.45, 7) is 1.98. The van der Waals surface area contributed by atoms with E-state index in [4.69, 9.17) is 11.6 Å². The summed E-state index contributed by atoms with van der Waals surface area (Å²) in [5.41, 5.74) is 2.01. The molecule has 0 unspecified atom stereocenters. The van der Waals surface area contributed by atoms with Crippen molar-refractivity contribution in [3.8, 4) is 0 Å². The second-order valence-corrected chi connectivity index (χ2v) is 4.59. The summed E-state index contributed by atoms with van der Waals surface area (Å²) in [6.07, 6.45) is 4.28. The number of aromatic nitrogens is 4. The van der Waals surface area contributed by atoms with Crippen LogP contribution in [0.15, 0.2) is 12.5 Å². The fourth-order valence-corrected chi connectivity index (χ4v) is 2.17. The third-order valence-electron chi connectivity index (χ3n) is 2.82. The van der Waals surface area contributed by atoms with E-state index >= 15 is 0 Å². The van der Waals surface area contributed by atoms with Gasteiger partial charge in [0.2, 0.25) is 0 Å². The number of nitrogens with zero attached hydrogens (tertiary/aromatic N) is 4. The highest BCUT2D eigenvalue weighted by Crippen LogP contribution is 2.22. The van der Waals surface area contributed by atoms with Crippen molar-refractivity contribution in [2.24, 2.45) is 14.1 Å². The highest BCUT2D eigenvalue weighted by Gasteiger charge is 2.18. The van der Waals surface area contributed by atoms with Gasteiger partial charge in [-0.3, -0.25) is 9.48 Å². The van der Waals surface area contributed by atoms with Gasteiger partial charge in [-0.25, -0.2) is 4.98 Å². The number of rotatable bonds is 4. The smallest absolute Gasteiger partial charge is 0.188 e. The molecule has 0 amide bonds. The van der Waals surface area contributed by atoms with Crippen LogP contribution in [0, 0.1) is 0 Å². The lowest BCUT2D eigenvalue weighted by Gasteiger charge is -2.00. The van der Waals surface area contributed by atoms with Gasteiger partial charge in [-0.1, -0.05) is 18.5 Å². The molecule has 0 aliphatic carbocycles. The van der Waals surface area contributed by atoms with Gasteiger partial charge in [-0.05, 0) is 6.42 Å². The summed E-state index contributed by atoms with van der Waals surface area (Å²) < 4.78 is 3.41. The number of halogens is 1. The second-order valence-electron chi connectivity index (χ2n) is 4.21. The third-order valence-corrected chi connectivity index (χ3v) is 3.26. The summed E-state index contributed by atoms with van der Waals surface area (Å²) in [7, 11) is 3.63. The number of carbonyl (C=O) groups excluding carboxylic acids is 1. The van der Waals surface area contributed by atoms with Crippen molar-refractivity contribution in [1.29, 1.82) is 0 Å². The highest BCUT2D eigenvalue weighted by molar-refractivity contribution is 6.32. The van der Waals surface area contributed by atoms with Gasteiger partial charge in [-0.15, -0.1) is 0 Å². The van der Waals surface area contributed by atoms with Crippen molar-refractivity contribution in [2.45, 2.75) is 19.8 Å². The Balaban J connectivity index is 2.24. The second kappa shape index (κ2) is 4.94. The van der Waals surface area contributed by atoms with Gasteiger partial charge in [0.05, 0.1) is 29.2 Å². The van der Waals surface area contributed by atoms with Crippen LogP contribution in [0.2, 0.25) is 5.02 Å². The molecule has 0 saturated heterocycles. The zero-order valence-electron chi connectivity index (χ0n) is 10.6. The molecule has 96 valence electrons. The maximum absolute atomic E-state index is 12.1. The summed E-state index contributed by atoms with van der Waals surface area (Å²) in [5, 5.41) is 4.87. The van der Waals surface area contributed by atoms with Crippen LogP contribution >= 0.6 is 11.6 Å². The lowest BCUT2D eigenvalue weighted by atomic mass is 10.1. The van der Waals surface area contributed by atoms with Crippen LogP contribution in [0.3, 0.4) is 0 Å². The molecule has 2 aromatic rings. The maximum Gasteiger partial charge on any atom is 0.188 e. The van der Waals surface area contributed by atoms with Gasteiger partial charge in [-0.2, -0.15) is 5.10 Å². The minimum Gasteiger partial charge on any atom is -0.340 e. The topological polar surface area (TPSA) is 52.7 Å². The Morgan fingerprint density at radius 2 is 2.17 bits per heavy atom. The van der Waals surface area contributed by atoms with Crippen LogP contribution in [0.1, 0.15) is 28.8 Å². The summed E-state index contributed by atoms with van der Waals surface area (Å²) in [5.74, 6) is -0.0526. The summed E-state index contributed by atoms with van der Waals surface area (Å²) in [6, 6.07) is 0. The van der Waals surface area contributed by atoms with Gasteiger partial charge in [0.15, 0.2) is 5.78 Å². The zero-order valence-corrected chi connectivity index (χ0v) is 11.4. The van der Waals surface area contributed by atoms with E-state index in [1.165, 1.54) is 0 Å². The lowest BCUT2D eigenvalue weighted by molar-refractivity contribution is 0.0986. The molecule has 0 fully saturated rings. The first-order valence-corrected chi connectivity index (χ1v) is 6.12. The Labute approximate surface area is 110 Å². The molecule has 2 heterocycles. The molecule has 0 bridgehead atoms. The highest BCUT2D eigenvalue weighted by atomic mass is 35.5. The van der Waals surface area contributed by atoms with E-state index < -0.39 is 0 Å². The van der Waals surface area contributed by atoms with E-state index in [1.54, 1.807) is 28.8 Å². The van der Waals surface area contributed by atoms with Gasteiger partial charge >= 0.3 is 0 Å². The third kappa shape index (κ3) is 2.31. The molecule has 6 heteroatoms. The van der Waals surface area contributed by atoms with Crippen molar-refractivity contribution in [2.75, 3.05) is 0 Å². The number of hydrogen-bond donors (Lipinski definition) is 0. The Bertz CT molecular complexity index is 585. The van der Waals surface area contributed by atoms with E-state index in [0.29, 0.717) is 10.7 Å². The number of Topliss-reactive ketones (excluding diaryl/α,β-unsaturated/α-hetero) is 1. The van der Waals surface area contributed by atoms with E-state index in [2.05, 4.69) is 10.1 Å².